The number of thioether (sulfide) groups is 1. The molecule has 1 fully saturated rings. The Labute approximate surface area is 175 Å². The van der Waals surface area contributed by atoms with E-state index in [0.717, 1.165) is 12.1 Å². The van der Waals surface area contributed by atoms with Crippen LogP contribution in [0.15, 0.2) is 58.3 Å². The minimum absolute atomic E-state index is 0.0518. The van der Waals surface area contributed by atoms with Gasteiger partial charge in [0.2, 0.25) is 11.7 Å². The molecule has 1 amide bonds. The molecule has 0 aliphatic heterocycles. The van der Waals surface area contributed by atoms with E-state index in [9.17, 15) is 4.79 Å². The van der Waals surface area contributed by atoms with Crippen LogP contribution in [0.5, 0.6) is 0 Å². The number of nitrogens with one attached hydrogen (secondary N) is 1. The minimum Gasteiger partial charge on any atom is -0.461 e. The average Bonchev–Trinajstić information content (AvgIpc) is 3.40. The number of carbonyl (C=O) groups excluding carboxylic acids is 1. The Morgan fingerprint density at radius 1 is 1.17 bits per heavy atom. The maximum Gasteiger partial charge on any atom is 0.233 e. The van der Waals surface area contributed by atoms with Crippen LogP contribution in [0.25, 0.3) is 17.3 Å². The van der Waals surface area contributed by atoms with Gasteiger partial charge < -0.3 is 9.73 Å². The number of amides is 1. The Kier molecular flexibility index (Phi) is 6.04. The van der Waals surface area contributed by atoms with Gasteiger partial charge in [0, 0.05) is 11.7 Å². The second kappa shape index (κ2) is 8.86. The van der Waals surface area contributed by atoms with Crippen molar-refractivity contribution in [3.63, 3.8) is 0 Å². The van der Waals surface area contributed by atoms with E-state index in [-0.39, 0.29) is 17.2 Å². The predicted octanol–water partition coefficient (Wildman–Crippen LogP) is 4.70. The van der Waals surface area contributed by atoms with Crippen LogP contribution < -0.4 is 5.32 Å². The molecule has 152 valence electrons. The summed E-state index contributed by atoms with van der Waals surface area (Å²) in [6, 6.07) is 13.8. The van der Waals surface area contributed by atoms with Gasteiger partial charge in [0.05, 0.1) is 11.5 Å². The van der Waals surface area contributed by atoms with Crippen molar-refractivity contribution < 1.29 is 9.21 Å². The lowest BCUT2D eigenvalue weighted by atomic mass is 9.86. The van der Waals surface area contributed by atoms with E-state index < -0.39 is 0 Å². The standard InChI is InChI=1S/C22H26N4O2S/c1-15-9-6-7-12-18(15)23-21(27)16(2)29-22-25-24-20(19-13-8-14-28-19)26(22)17-10-4-3-5-11-17/h3-5,8,10-11,13-16,18H,6-7,9,12H2,1-2H3,(H,23,27). The molecule has 1 aliphatic carbocycles. The second-order valence-electron chi connectivity index (χ2n) is 7.59. The molecule has 0 radical (unpaired) electrons. The number of furan rings is 1. The Morgan fingerprint density at radius 3 is 2.69 bits per heavy atom. The van der Waals surface area contributed by atoms with Crippen LogP contribution >= 0.6 is 11.8 Å². The smallest absolute Gasteiger partial charge is 0.233 e. The SMILES string of the molecule is CC(Sc1nnc(-c2ccco2)n1-c1ccccc1)C(=O)NC1CCCCC1C. The van der Waals surface area contributed by atoms with E-state index >= 15 is 0 Å². The number of aromatic nitrogens is 3. The minimum atomic E-state index is -0.278. The Balaban J connectivity index is 1.56. The topological polar surface area (TPSA) is 73.0 Å². The molecular formula is C22H26N4O2S. The number of hydrogen-bond donors (Lipinski definition) is 1. The highest BCUT2D eigenvalue weighted by atomic mass is 32.2. The summed E-state index contributed by atoms with van der Waals surface area (Å²) >= 11 is 1.42. The second-order valence-corrected chi connectivity index (χ2v) is 8.90. The summed E-state index contributed by atoms with van der Waals surface area (Å²) in [5, 5.41) is 12.3. The third-order valence-electron chi connectivity index (χ3n) is 5.48. The van der Waals surface area contributed by atoms with Gasteiger partial charge in [-0.25, -0.2) is 0 Å². The highest BCUT2D eigenvalue weighted by Crippen LogP contribution is 2.31. The Morgan fingerprint density at radius 2 is 1.97 bits per heavy atom. The Bertz CT molecular complexity index is 939. The van der Waals surface area contributed by atoms with Crippen molar-refractivity contribution in [2.24, 2.45) is 5.92 Å². The number of carbonyl (C=O) groups is 1. The molecule has 3 atom stereocenters. The largest absolute Gasteiger partial charge is 0.461 e. The lowest BCUT2D eigenvalue weighted by Crippen LogP contribution is -2.44. The molecule has 0 bridgehead atoms. The molecule has 1 N–H and O–H groups in total. The molecule has 1 aliphatic rings. The van der Waals surface area contributed by atoms with E-state index in [1.165, 1.54) is 31.0 Å². The van der Waals surface area contributed by atoms with Gasteiger partial charge in [-0.3, -0.25) is 9.36 Å². The van der Waals surface area contributed by atoms with Gasteiger partial charge >= 0.3 is 0 Å². The molecule has 2 aromatic heterocycles. The van der Waals surface area contributed by atoms with Gasteiger partial charge in [-0.05, 0) is 49.9 Å². The molecule has 1 saturated carbocycles. The molecule has 6 nitrogen and oxygen atoms in total. The molecular weight excluding hydrogens is 384 g/mol. The van der Waals surface area contributed by atoms with Crippen molar-refractivity contribution in [1.82, 2.24) is 20.1 Å². The van der Waals surface area contributed by atoms with Gasteiger partial charge in [0.15, 0.2) is 10.9 Å². The molecule has 4 rings (SSSR count). The highest BCUT2D eigenvalue weighted by molar-refractivity contribution is 8.00. The zero-order valence-corrected chi connectivity index (χ0v) is 17.6. The van der Waals surface area contributed by atoms with Crippen LogP contribution in [0.2, 0.25) is 0 Å². The van der Waals surface area contributed by atoms with Gasteiger partial charge in [-0.15, -0.1) is 10.2 Å². The van der Waals surface area contributed by atoms with E-state index in [2.05, 4.69) is 22.4 Å². The molecule has 0 saturated heterocycles. The maximum atomic E-state index is 12.8. The van der Waals surface area contributed by atoms with Crippen molar-refractivity contribution in [2.75, 3.05) is 0 Å². The van der Waals surface area contributed by atoms with Crippen LogP contribution in [0, 0.1) is 5.92 Å². The van der Waals surface area contributed by atoms with E-state index in [1.807, 2.05) is 54.0 Å². The molecule has 29 heavy (non-hydrogen) atoms. The third-order valence-corrected chi connectivity index (χ3v) is 6.52. The fourth-order valence-corrected chi connectivity index (χ4v) is 4.64. The zero-order chi connectivity index (χ0) is 20.2. The number of hydrogen-bond acceptors (Lipinski definition) is 5. The van der Waals surface area contributed by atoms with Gasteiger partial charge in [-0.1, -0.05) is 49.7 Å². The summed E-state index contributed by atoms with van der Waals surface area (Å²) in [5.74, 6) is 1.85. The van der Waals surface area contributed by atoms with Gasteiger partial charge in [0.1, 0.15) is 0 Å². The summed E-state index contributed by atoms with van der Waals surface area (Å²) in [4.78, 5) is 12.8. The van der Waals surface area contributed by atoms with Gasteiger partial charge in [0.25, 0.3) is 0 Å². The number of benzene rings is 1. The van der Waals surface area contributed by atoms with E-state index in [1.54, 1.807) is 6.26 Å². The number of rotatable bonds is 6. The summed E-state index contributed by atoms with van der Waals surface area (Å²) in [6.45, 7) is 4.15. The Hall–Kier alpha value is -2.54. The molecule has 3 aromatic rings. The first kappa shape index (κ1) is 19.8. The van der Waals surface area contributed by atoms with Crippen molar-refractivity contribution in [1.29, 1.82) is 0 Å². The van der Waals surface area contributed by atoms with E-state index in [0.29, 0.717) is 22.7 Å². The lowest BCUT2D eigenvalue weighted by Gasteiger charge is -2.30. The zero-order valence-electron chi connectivity index (χ0n) is 16.7. The first-order valence-corrected chi connectivity index (χ1v) is 11.0. The monoisotopic (exact) mass is 410 g/mol. The molecule has 3 unspecified atom stereocenters. The fourth-order valence-electron chi connectivity index (χ4n) is 3.76. The van der Waals surface area contributed by atoms with Crippen LogP contribution in [0.3, 0.4) is 0 Å². The summed E-state index contributed by atoms with van der Waals surface area (Å²) in [5.41, 5.74) is 0.930. The molecule has 1 aromatic carbocycles. The summed E-state index contributed by atoms with van der Waals surface area (Å²) in [6.07, 6.45) is 6.31. The third kappa shape index (κ3) is 4.40. The van der Waals surface area contributed by atoms with Crippen molar-refractivity contribution in [2.45, 2.75) is 56.0 Å². The van der Waals surface area contributed by atoms with Crippen LogP contribution in [-0.2, 0) is 4.79 Å². The first-order valence-electron chi connectivity index (χ1n) is 10.1. The molecule has 0 spiro atoms. The van der Waals surface area contributed by atoms with Crippen LogP contribution in [0.1, 0.15) is 39.5 Å². The molecule has 2 heterocycles. The quantitative estimate of drug-likeness (QED) is 0.596. The van der Waals surface area contributed by atoms with Crippen molar-refractivity contribution >= 4 is 17.7 Å². The van der Waals surface area contributed by atoms with Crippen molar-refractivity contribution in [3.8, 4) is 17.3 Å². The summed E-state index contributed by atoms with van der Waals surface area (Å²) < 4.78 is 7.49. The first-order chi connectivity index (χ1) is 14.1. The number of para-hydroxylation sites is 1. The van der Waals surface area contributed by atoms with E-state index in [4.69, 9.17) is 4.42 Å². The average molecular weight is 411 g/mol. The molecule has 7 heteroatoms. The fraction of sp³-hybridized carbons (Fsp3) is 0.409. The normalized spacial score (nSPS) is 20.3. The van der Waals surface area contributed by atoms with Crippen molar-refractivity contribution in [3.05, 3.63) is 48.7 Å². The highest BCUT2D eigenvalue weighted by Gasteiger charge is 2.27. The predicted molar refractivity (Wildman–Crippen MR) is 114 cm³/mol. The lowest BCUT2D eigenvalue weighted by molar-refractivity contribution is -0.121. The van der Waals surface area contributed by atoms with Crippen LogP contribution in [0.4, 0.5) is 0 Å². The summed E-state index contributed by atoms with van der Waals surface area (Å²) in [7, 11) is 0. The number of nitrogens with zero attached hydrogens (tertiary/aromatic N) is 3. The maximum absolute atomic E-state index is 12.8. The van der Waals surface area contributed by atoms with Crippen LogP contribution in [-0.4, -0.2) is 32.0 Å². The van der Waals surface area contributed by atoms with Gasteiger partial charge in [-0.2, -0.15) is 0 Å².